The molecule has 2 heterocycles. The molecule has 4 nitrogen and oxygen atoms in total. The summed E-state index contributed by atoms with van der Waals surface area (Å²) >= 11 is 1.67. The number of hydrogen-bond acceptors (Lipinski definition) is 4. The first kappa shape index (κ1) is 14.2. The minimum atomic E-state index is -0.755. The summed E-state index contributed by atoms with van der Waals surface area (Å²) in [5.74, 6) is -0.755. The van der Waals surface area contributed by atoms with E-state index in [9.17, 15) is 9.90 Å². The topological polar surface area (TPSA) is 53.4 Å². The Balaban J connectivity index is 1.89. The van der Waals surface area contributed by atoms with Gasteiger partial charge in [-0.3, -0.25) is 9.69 Å². The van der Waals surface area contributed by atoms with Gasteiger partial charge in [0.2, 0.25) is 0 Å². The lowest BCUT2D eigenvalue weighted by atomic mass is 9.94. The Kier molecular flexibility index (Phi) is 3.78. The maximum absolute atomic E-state index is 11.6. The van der Waals surface area contributed by atoms with Crippen LogP contribution in [-0.2, 0) is 24.3 Å². The van der Waals surface area contributed by atoms with E-state index in [4.69, 9.17) is 0 Å². The van der Waals surface area contributed by atoms with E-state index in [2.05, 4.69) is 11.1 Å². The largest absolute Gasteiger partial charge is 0.480 e. The van der Waals surface area contributed by atoms with E-state index in [1.54, 1.807) is 11.3 Å². The second kappa shape index (κ2) is 5.58. The van der Waals surface area contributed by atoms with Crippen molar-refractivity contribution in [2.24, 2.45) is 0 Å². The molecule has 0 amide bonds. The number of nitrogens with zero attached hydrogens (tertiary/aromatic N) is 2. The van der Waals surface area contributed by atoms with Crippen molar-refractivity contribution in [1.82, 2.24) is 9.88 Å². The Hall–Kier alpha value is -1.72. The molecule has 0 radical (unpaired) electrons. The van der Waals surface area contributed by atoms with E-state index < -0.39 is 12.0 Å². The fraction of sp³-hybridized carbons (Fsp3) is 0.375. The lowest BCUT2D eigenvalue weighted by Gasteiger charge is -2.34. The molecule has 0 spiro atoms. The summed E-state index contributed by atoms with van der Waals surface area (Å²) in [5.41, 5.74) is 3.37. The number of thiazole rings is 1. The van der Waals surface area contributed by atoms with E-state index >= 15 is 0 Å². The van der Waals surface area contributed by atoms with Gasteiger partial charge in [0.05, 0.1) is 10.7 Å². The zero-order valence-corrected chi connectivity index (χ0v) is 13.0. The molecule has 1 unspecified atom stereocenters. The second-order valence-corrected chi connectivity index (χ2v) is 6.87. The smallest absolute Gasteiger partial charge is 0.321 e. The number of carboxylic acids is 1. The number of carboxylic acid groups (broad SMARTS) is 1. The maximum Gasteiger partial charge on any atom is 0.321 e. The number of hydrogen-bond donors (Lipinski definition) is 1. The monoisotopic (exact) mass is 302 g/mol. The van der Waals surface area contributed by atoms with Gasteiger partial charge in [-0.2, -0.15) is 0 Å². The van der Waals surface area contributed by atoms with Crippen LogP contribution >= 0.6 is 11.3 Å². The van der Waals surface area contributed by atoms with E-state index in [1.165, 1.54) is 10.4 Å². The third-order valence-corrected chi connectivity index (χ3v) is 4.91. The number of aliphatic carboxylic acids is 1. The Morgan fingerprint density at radius 2 is 2.10 bits per heavy atom. The molecule has 1 aromatic carbocycles. The third-order valence-electron chi connectivity index (χ3n) is 3.98. The molecule has 1 atom stereocenters. The van der Waals surface area contributed by atoms with Gasteiger partial charge in [-0.05, 0) is 31.4 Å². The summed E-state index contributed by atoms with van der Waals surface area (Å²) in [7, 11) is 0. The Morgan fingerprint density at radius 3 is 2.71 bits per heavy atom. The minimum Gasteiger partial charge on any atom is -0.480 e. The fourth-order valence-corrected chi connectivity index (χ4v) is 3.72. The number of benzene rings is 1. The highest BCUT2D eigenvalue weighted by Gasteiger charge is 2.31. The SMILES string of the molecule is Cc1nc(CN2Cc3ccccc3CC2C(=O)O)c(C)s1. The fourth-order valence-electron chi connectivity index (χ4n) is 2.90. The van der Waals surface area contributed by atoms with Crippen LogP contribution in [0.15, 0.2) is 24.3 Å². The first-order valence-corrected chi connectivity index (χ1v) is 7.83. The number of fused-ring (bicyclic) bond motifs is 1. The summed E-state index contributed by atoms with van der Waals surface area (Å²) < 4.78 is 0. The lowest BCUT2D eigenvalue weighted by molar-refractivity contribution is -0.144. The first-order valence-electron chi connectivity index (χ1n) is 7.01. The molecule has 1 aliphatic heterocycles. The summed E-state index contributed by atoms with van der Waals surface area (Å²) in [6, 6.07) is 7.62. The molecule has 3 rings (SSSR count). The molecule has 1 aromatic heterocycles. The van der Waals surface area contributed by atoms with Crippen LogP contribution in [0, 0.1) is 13.8 Å². The standard InChI is InChI=1S/C16H18N2O2S/c1-10-14(17-11(2)21-10)9-18-8-13-6-4-3-5-12(13)7-15(18)16(19)20/h3-6,15H,7-9H2,1-2H3,(H,19,20). The molecule has 0 saturated heterocycles. The van der Waals surface area contributed by atoms with Crippen LogP contribution in [-0.4, -0.2) is 27.0 Å². The predicted octanol–water partition coefficient (Wildman–Crippen LogP) is 2.77. The molecule has 21 heavy (non-hydrogen) atoms. The Bertz CT molecular complexity index is 681. The van der Waals surface area contributed by atoms with E-state index in [0.717, 1.165) is 16.3 Å². The summed E-state index contributed by atoms with van der Waals surface area (Å²) in [5, 5.41) is 10.6. The average molecular weight is 302 g/mol. The van der Waals surface area contributed by atoms with Crippen LogP contribution in [0.1, 0.15) is 26.7 Å². The molecule has 2 aromatic rings. The lowest BCUT2D eigenvalue weighted by Crippen LogP contribution is -2.45. The molecule has 1 aliphatic rings. The van der Waals surface area contributed by atoms with Crippen molar-refractivity contribution in [3.8, 4) is 0 Å². The molecule has 0 saturated carbocycles. The number of aromatic nitrogens is 1. The van der Waals surface area contributed by atoms with Gasteiger partial charge in [-0.15, -0.1) is 11.3 Å². The maximum atomic E-state index is 11.6. The van der Waals surface area contributed by atoms with E-state index in [1.807, 2.05) is 36.9 Å². The Morgan fingerprint density at radius 1 is 1.38 bits per heavy atom. The van der Waals surface area contributed by atoms with Gasteiger partial charge in [0.15, 0.2) is 0 Å². The van der Waals surface area contributed by atoms with Gasteiger partial charge in [0.1, 0.15) is 6.04 Å². The predicted molar refractivity (Wildman–Crippen MR) is 82.4 cm³/mol. The van der Waals surface area contributed by atoms with Gasteiger partial charge in [0, 0.05) is 18.0 Å². The van der Waals surface area contributed by atoms with Crippen molar-refractivity contribution in [1.29, 1.82) is 0 Å². The molecule has 110 valence electrons. The van der Waals surface area contributed by atoms with Gasteiger partial charge in [-0.25, -0.2) is 4.98 Å². The molecule has 0 bridgehead atoms. The Labute approximate surface area is 128 Å². The first-order chi connectivity index (χ1) is 10.0. The summed E-state index contributed by atoms with van der Waals surface area (Å²) in [6.07, 6.45) is 0.563. The highest BCUT2D eigenvalue weighted by Crippen LogP contribution is 2.26. The summed E-state index contributed by atoms with van der Waals surface area (Å²) in [4.78, 5) is 19.3. The molecular formula is C16H18N2O2S. The number of carbonyl (C=O) groups is 1. The van der Waals surface area contributed by atoms with E-state index in [0.29, 0.717) is 19.5 Å². The average Bonchev–Trinajstić information content (AvgIpc) is 2.76. The zero-order valence-electron chi connectivity index (χ0n) is 12.2. The molecule has 0 aliphatic carbocycles. The molecule has 1 N–H and O–H groups in total. The molecule has 5 heteroatoms. The van der Waals surface area contributed by atoms with E-state index in [-0.39, 0.29) is 0 Å². The van der Waals surface area contributed by atoms with Crippen molar-refractivity contribution in [2.75, 3.05) is 0 Å². The highest BCUT2D eigenvalue weighted by atomic mass is 32.1. The normalized spacial score (nSPS) is 18.5. The molecular weight excluding hydrogens is 284 g/mol. The van der Waals surface area contributed by atoms with Gasteiger partial charge >= 0.3 is 5.97 Å². The third kappa shape index (κ3) is 2.84. The van der Waals surface area contributed by atoms with Crippen LogP contribution < -0.4 is 0 Å². The van der Waals surface area contributed by atoms with Crippen molar-refractivity contribution in [3.05, 3.63) is 51.0 Å². The number of rotatable bonds is 3. The van der Waals surface area contributed by atoms with Crippen molar-refractivity contribution in [3.63, 3.8) is 0 Å². The number of aryl methyl sites for hydroxylation is 2. The van der Waals surface area contributed by atoms with Crippen LogP contribution in [0.5, 0.6) is 0 Å². The van der Waals surface area contributed by atoms with Gasteiger partial charge in [0.25, 0.3) is 0 Å². The zero-order chi connectivity index (χ0) is 15.0. The van der Waals surface area contributed by atoms with Crippen LogP contribution in [0.4, 0.5) is 0 Å². The second-order valence-electron chi connectivity index (χ2n) is 5.47. The summed E-state index contributed by atoms with van der Waals surface area (Å²) in [6.45, 7) is 5.31. The van der Waals surface area contributed by atoms with Crippen molar-refractivity contribution < 1.29 is 9.90 Å². The van der Waals surface area contributed by atoms with Crippen LogP contribution in [0.25, 0.3) is 0 Å². The van der Waals surface area contributed by atoms with Gasteiger partial charge < -0.3 is 5.11 Å². The van der Waals surface area contributed by atoms with Crippen molar-refractivity contribution >= 4 is 17.3 Å². The highest BCUT2D eigenvalue weighted by molar-refractivity contribution is 7.11. The minimum absolute atomic E-state index is 0.471. The van der Waals surface area contributed by atoms with Gasteiger partial charge in [-0.1, -0.05) is 24.3 Å². The molecule has 0 fully saturated rings. The van der Waals surface area contributed by atoms with Crippen molar-refractivity contribution in [2.45, 2.75) is 39.4 Å². The quantitative estimate of drug-likeness (QED) is 0.947. The van der Waals surface area contributed by atoms with Crippen LogP contribution in [0.3, 0.4) is 0 Å². The van der Waals surface area contributed by atoms with Crippen LogP contribution in [0.2, 0.25) is 0 Å².